The van der Waals surface area contributed by atoms with Crippen molar-refractivity contribution in [3.8, 4) is 16.9 Å². The largest absolute Gasteiger partial charge is 0.491 e. The van der Waals surface area contributed by atoms with E-state index in [0.29, 0.717) is 38.2 Å². The lowest BCUT2D eigenvalue weighted by Gasteiger charge is -2.32. The number of nitrogens with zero attached hydrogens (tertiary/aromatic N) is 2. The Bertz CT molecular complexity index is 1230. The van der Waals surface area contributed by atoms with E-state index in [0.717, 1.165) is 58.7 Å². The van der Waals surface area contributed by atoms with Crippen LogP contribution in [0, 0.1) is 19.8 Å². The van der Waals surface area contributed by atoms with E-state index in [1.165, 1.54) is 0 Å². The van der Waals surface area contributed by atoms with Crippen LogP contribution in [0.2, 0.25) is 0 Å². The molecule has 0 saturated heterocycles. The number of aromatic nitrogens is 1. The van der Waals surface area contributed by atoms with Crippen molar-refractivity contribution in [2.45, 2.75) is 39.5 Å². The maximum absolute atomic E-state index is 13.0. The molecule has 3 aromatic rings. The minimum Gasteiger partial charge on any atom is -0.491 e. The summed E-state index contributed by atoms with van der Waals surface area (Å²) < 4.78 is 11.6. The minimum absolute atomic E-state index is 0.103. The molecule has 2 heterocycles. The first-order valence-corrected chi connectivity index (χ1v) is 12.3. The Labute approximate surface area is 205 Å². The van der Waals surface area contributed by atoms with Crippen LogP contribution in [-0.4, -0.2) is 48.1 Å². The van der Waals surface area contributed by atoms with Gasteiger partial charge < -0.3 is 19.5 Å². The Hall–Kier alpha value is -3.61. The molecule has 1 N–H and O–H groups in total. The highest BCUT2D eigenvalue weighted by Crippen LogP contribution is 2.33. The minimum atomic E-state index is -0.124. The molecule has 0 radical (unpaired) electrons. The van der Waals surface area contributed by atoms with Gasteiger partial charge in [-0.05, 0) is 67.6 Å². The monoisotopic (exact) mass is 473 g/mol. The molecule has 1 aliphatic heterocycles. The zero-order chi connectivity index (χ0) is 24.4. The summed E-state index contributed by atoms with van der Waals surface area (Å²) >= 11 is 0. The van der Waals surface area contributed by atoms with Gasteiger partial charge in [0.15, 0.2) is 0 Å². The second-order valence-corrected chi connectivity index (χ2v) is 9.46. The molecule has 0 unspecified atom stereocenters. The summed E-state index contributed by atoms with van der Waals surface area (Å²) in [5.74, 6) is 1.70. The zero-order valence-electron chi connectivity index (χ0n) is 20.3. The normalized spacial score (nSPS) is 17.0. The number of benzene rings is 2. The fourth-order valence-electron chi connectivity index (χ4n) is 4.87. The van der Waals surface area contributed by atoms with Crippen LogP contribution in [0.4, 0.5) is 0 Å². The van der Waals surface area contributed by atoms with Gasteiger partial charge in [-0.25, -0.2) is 0 Å². The Morgan fingerprint density at radius 3 is 2.69 bits per heavy atom. The van der Waals surface area contributed by atoms with Gasteiger partial charge in [-0.1, -0.05) is 29.8 Å². The van der Waals surface area contributed by atoms with Gasteiger partial charge in [0.25, 0.3) is 5.91 Å². The third kappa shape index (κ3) is 4.94. The molecule has 1 aromatic heterocycles. The Kier molecular flexibility index (Phi) is 6.57. The van der Waals surface area contributed by atoms with Crippen LogP contribution in [0.1, 0.15) is 52.2 Å². The van der Waals surface area contributed by atoms with E-state index in [9.17, 15) is 9.59 Å². The Balaban J connectivity index is 1.48. The van der Waals surface area contributed by atoms with Crippen molar-refractivity contribution in [3.05, 3.63) is 70.6 Å². The van der Waals surface area contributed by atoms with Crippen molar-refractivity contribution in [3.63, 3.8) is 0 Å². The summed E-state index contributed by atoms with van der Waals surface area (Å²) in [7, 11) is 0. The maximum Gasteiger partial charge on any atom is 0.251 e. The summed E-state index contributed by atoms with van der Waals surface area (Å²) in [5, 5.41) is 7.07. The lowest BCUT2D eigenvalue weighted by molar-refractivity contribution is -0.138. The smallest absolute Gasteiger partial charge is 0.251 e. The van der Waals surface area contributed by atoms with Crippen LogP contribution in [-0.2, 0) is 11.2 Å². The number of hydrogen-bond acceptors (Lipinski definition) is 5. The van der Waals surface area contributed by atoms with Gasteiger partial charge in [-0.3, -0.25) is 9.59 Å². The number of carbonyl (C=O) groups excluding carboxylic acids is 2. The number of fused-ring (bicyclic) bond motifs is 3. The number of amides is 2. The lowest BCUT2D eigenvalue weighted by atomic mass is 9.84. The maximum atomic E-state index is 13.0. The molecule has 7 heteroatoms. The van der Waals surface area contributed by atoms with E-state index in [4.69, 9.17) is 9.26 Å². The summed E-state index contributed by atoms with van der Waals surface area (Å²) in [4.78, 5) is 27.6. The van der Waals surface area contributed by atoms with Crippen molar-refractivity contribution < 1.29 is 18.8 Å². The molecular formula is C28H31N3O4. The molecule has 1 saturated carbocycles. The fraction of sp³-hybridized carbons (Fsp3) is 0.393. The molecule has 2 amide bonds. The molecule has 2 aliphatic rings. The summed E-state index contributed by atoms with van der Waals surface area (Å²) in [5.41, 5.74) is 5.48. The van der Waals surface area contributed by atoms with E-state index < -0.39 is 0 Å². The highest BCUT2D eigenvalue weighted by atomic mass is 16.5. The summed E-state index contributed by atoms with van der Waals surface area (Å²) in [6.45, 7) is 5.62. The summed E-state index contributed by atoms with van der Waals surface area (Å²) in [6.07, 6.45) is 3.61. The molecule has 182 valence electrons. The first-order valence-electron chi connectivity index (χ1n) is 12.3. The van der Waals surface area contributed by atoms with Crippen LogP contribution in [0.25, 0.3) is 11.1 Å². The SMILES string of the molecule is Cc1noc(C)c1-c1ccc2c(c1)Cc1cccc(c1)C(=O)NCCN(C(=O)C1CCC1)CCO2. The van der Waals surface area contributed by atoms with E-state index in [1.54, 1.807) is 0 Å². The lowest BCUT2D eigenvalue weighted by Crippen LogP contribution is -2.44. The predicted octanol–water partition coefficient (Wildman–Crippen LogP) is 4.30. The van der Waals surface area contributed by atoms with Gasteiger partial charge >= 0.3 is 0 Å². The average Bonchev–Trinajstić information content (AvgIpc) is 3.15. The zero-order valence-corrected chi connectivity index (χ0v) is 20.3. The highest BCUT2D eigenvalue weighted by Gasteiger charge is 2.29. The van der Waals surface area contributed by atoms with Crippen LogP contribution in [0.15, 0.2) is 47.0 Å². The number of rotatable bonds is 2. The quantitative estimate of drug-likeness (QED) is 0.600. The van der Waals surface area contributed by atoms with Gasteiger partial charge in [0.1, 0.15) is 18.1 Å². The number of aryl methyl sites for hydroxylation is 2. The van der Waals surface area contributed by atoms with Crippen LogP contribution >= 0.6 is 0 Å². The topological polar surface area (TPSA) is 84.7 Å². The molecule has 5 rings (SSSR count). The van der Waals surface area contributed by atoms with Gasteiger partial charge in [-0.15, -0.1) is 0 Å². The standard InChI is InChI=1S/C28H31N3O4/c1-18-26(19(2)35-30-18)22-9-10-25-24(17-22)16-20-5-3-8-23(15-20)27(32)29-11-12-31(13-14-34-25)28(33)21-6-4-7-21/h3,5,8-10,15,17,21H,4,6-7,11-14,16H2,1-2H3,(H,29,32). The predicted molar refractivity (Wildman–Crippen MR) is 132 cm³/mol. The fourth-order valence-corrected chi connectivity index (χ4v) is 4.87. The number of nitrogens with one attached hydrogen (secondary N) is 1. The van der Waals surface area contributed by atoms with Crippen molar-refractivity contribution in [2.75, 3.05) is 26.2 Å². The summed E-state index contributed by atoms with van der Waals surface area (Å²) in [6, 6.07) is 13.8. The highest BCUT2D eigenvalue weighted by molar-refractivity contribution is 5.94. The van der Waals surface area contributed by atoms with Gasteiger partial charge in [-0.2, -0.15) is 0 Å². The number of carbonyl (C=O) groups is 2. The van der Waals surface area contributed by atoms with Crippen LogP contribution in [0.5, 0.6) is 5.75 Å². The van der Waals surface area contributed by atoms with Crippen LogP contribution < -0.4 is 10.1 Å². The van der Waals surface area contributed by atoms with Crippen molar-refractivity contribution >= 4 is 11.8 Å². The van der Waals surface area contributed by atoms with Crippen molar-refractivity contribution in [2.24, 2.45) is 5.92 Å². The van der Waals surface area contributed by atoms with Gasteiger partial charge in [0.2, 0.25) is 5.91 Å². The Morgan fingerprint density at radius 2 is 1.94 bits per heavy atom. The van der Waals surface area contributed by atoms with E-state index in [1.807, 2.05) is 55.1 Å². The first kappa shape index (κ1) is 23.1. The van der Waals surface area contributed by atoms with Gasteiger partial charge in [0.05, 0.1) is 12.2 Å². The number of hydrogen-bond donors (Lipinski definition) is 1. The van der Waals surface area contributed by atoms with Gasteiger partial charge in [0, 0.05) is 36.6 Å². The molecule has 0 spiro atoms. The van der Waals surface area contributed by atoms with E-state index in [2.05, 4.69) is 16.5 Å². The third-order valence-electron chi connectivity index (χ3n) is 7.02. The third-order valence-corrected chi connectivity index (χ3v) is 7.02. The number of ether oxygens (including phenoxy) is 1. The molecule has 7 nitrogen and oxygen atoms in total. The molecule has 1 aliphatic carbocycles. The van der Waals surface area contributed by atoms with Crippen LogP contribution in [0.3, 0.4) is 0 Å². The van der Waals surface area contributed by atoms with E-state index >= 15 is 0 Å². The van der Waals surface area contributed by atoms with Crippen molar-refractivity contribution in [1.29, 1.82) is 0 Å². The molecule has 0 atom stereocenters. The second-order valence-electron chi connectivity index (χ2n) is 9.46. The molecule has 35 heavy (non-hydrogen) atoms. The Morgan fingerprint density at radius 1 is 1.09 bits per heavy atom. The molecule has 1 fully saturated rings. The van der Waals surface area contributed by atoms with E-state index in [-0.39, 0.29) is 17.7 Å². The molecule has 2 bridgehead atoms. The average molecular weight is 474 g/mol. The van der Waals surface area contributed by atoms with Crippen molar-refractivity contribution in [1.82, 2.24) is 15.4 Å². The second kappa shape index (κ2) is 9.94. The first-order chi connectivity index (χ1) is 17.0. The molecular weight excluding hydrogens is 442 g/mol. The molecule has 2 aromatic carbocycles.